The van der Waals surface area contributed by atoms with Crippen molar-refractivity contribution >= 4 is 24.0 Å². The van der Waals surface area contributed by atoms with E-state index < -0.39 is 12.4 Å². The van der Waals surface area contributed by atoms with Gasteiger partial charge in [-0.3, -0.25) is 4.79 Å². The van der Waals surface area contributed by atoms with Crippen LogP contribution in [0.3, 0.4) is 0 Å². The van der Waals surface area contributed by atoms with Crippen molar-refractivity contribution in [1.82, 2.24) is 9.97 Å². The van der Waals surface area contributed by atoms with Crippen LogP contribution in [-0.4, -0.2) is 28.3 Å². The third-order valence-electron chi connectivity index (χ3n) is 5.01. The Bertz CT molecular complexity index is 1260. The molecule has 0 spiro atoms. The van der Waals surface area contributed by atoms with Gasteiger partial charge in [-0.05, 0) is 53.9 Å². The van der Waals surface area contributed by atoms with E-state index >= 15 is 0 Å². The van der Waals surface area contributed by atoms with Gasteiger partial charge in [-0.25, -0.2) is 4.98 Å². The zero-order valence-corrected chi connectivity index (χ0v) is 19.1. The number of rotatable bonds is 7. The summed E-state index contributed by atoms with van der Waals surface area (Å²) in [6.07, 6.45) is -2.74. The van der Waals surface area contributed by atoms with Crippen molar-refractivity contribution in [3.8, 4) is 28.4 Å². The van der Waals surface area contributed by atoms with Gasteiger partial charge in [0, 0.05) is 11.3 Å². The number of nitrogens with zero attached hydrogens (tertiary/aromatic N) is 1. The number of hydrogen-bond acceptors (Lipinski definition) is 4. The van der Waals surface area contributed by atoms with Gasteiger partial charge >= 0.3 is 6.36 Å². The lowest BCUT2D eigenvalue weighted by Crippen LogP contribution is -2.37. The van der Waals surface area contributed by atoms with Crippen LogP contribution in [0.1, 0.15) is 5.56 Å². The number of aromatic nitrogens is 2. The molecule has 4 N–H and O–H groups in total. The number of anilines is 1. The highest BCUT2D eigenvalue weighted by Crippen LogP contribution is 2.28. The Balaban J connectivity index is 0.00000342. The number of nitrogens with two attached hydrogens (primary N) is 1. The molecular formula is C25H22ClF3N4O2. The molecule has 0 saturated carbocycles. The molecule has 0 radical (unpaired) electrons. The SMILES string of the molecule is Cl.NC(Cc1ccccc1)C(=O)Nc1cccc(-c2ncc(-c3ccc(OC(F)(F)F)cc3)[nH]2)c1. The first-order chi connectivity index (χ1) is 16.3. The Hall–Kier alpha value is -3.82. The average molecular weight is 503 g/mol. The van der Waals surface area contributed by atoms with E-state index in [1.54, 1.807) is 24.4 Å². The van der Waals surface area contributed by atoms with E-state index in [4.69, 9.17) is 5.73 Å². The first-order valence-electron chi connectivity index (χ1n) is 10.4. The monoisotopic (exact) mass is 502 g/mol. The highest BCUT2D eigenvalue weighted by atomic mass is 35.5. The normalized spacial score (nSPS) is 11.9. The van der Waals surface area contributed by atoms with Gasteiger partial charge in [-0.15, -0.1) is 25.6 Å². The topological polar surface area (TPSA) is 93.0 Å². The number of alkyl halides is 3. The first kappa shape index (κ1) is 25.8. The van der Waals surface area contributed by atoms with E-state index in [0.29, 0.717) is 29.2 Å². The van der Waals surface area contributed by atoms with Crippen molar-refractivity contribution in [1.29, 1.82) is 0 Å². The first-order valence-corrected chi connectivity index (χ1v) is 10.4. The minimum absolute atomic E-state index is 0. The molecule has 0 bridgehead atoms. The molecule has 0 aliphatic heterocycles. The van der Waals surface area contributed by atoms with Crippen molar-refractivity contribution in [3.63, 3.8) is 0 Å². The Kier molecular flexibility index (Phi) is 8.16. The van der Waals surface area contributed by atoms with Crippen molar-refractivity contribution in [2.75, 3.05) is 5.32 Å². The van der Waals surface area contributed by atoms with Gasteiger partial charge in [0.2, 0.25) is 5.91 Å². The fraction of sp³-hybridized carbons (Fsp3) is 0.120. The lowest BCUT2D eigenvalue weighted by atomic mass is 10.1. The van der Waals surface area contributed by atoms with Crippen LogP contribution in [0.25, 0.3) is 22.6 Å². The second kappa shape index (κ2) is 11.1. The Morgan fingerprint density at radius 3 is 2.40 bits per heavy atom. The molecule has 4 rings (SSSR count). The van der Waals surface area contributed by atoms with E-state index in [1.807, 2.05) is 36.4 Å². The molecule has 4 aromatic rings. The zero-order chi connectivity index (χ0) is 24.1. The maximum atomic E-state index is 12.5. The summed E-state index contributed by atoms with van der Waals surface area (Å²) < 4.78 is 40.9. The molecule has 1 aromatic heterocycles. The minimum Gasteiger partial charge on any atom is -0.406 e. The summed E-state index contributed by atoms with van der Waals surface area (Å²) in [4.78, 5) is 20.0. The number of H-pyrrole nitrogens is 1. The molecule has 10 heteroatoms. The summed E-state index contributed by atoms with van der Waals surface area (Å²) in [7, 11) is 0. The summed E-state index contributed by atoms with van der Waals surface area (Å²) in [6.45, 7) is 0. The molecule has 1 atom stereocenters. The van der Waals surface area contributed by atoms with Crippen LogP contribution >= 0.6 is 12.4 Å². The summed E-state index contributed by atoms with van der Waals surface area (Å²) in [5.41, 5.74) is 9.58. The van der Waals surface area contributed by atoms with Gasteiger partial charge in [0.15, 0.2) is 0 Å². The highest BCUT2D eigenvalue weighted by molar-refractivity contribution is 5.95. The third kappa shape index (κ3) is 7.08. The van der Waals surface area contributed by atoms with Crippen molar-refractivity contribution in [2.24, 2.45) is 5.73 Å². The third-order valence-corrected chi connectivity index (χ3v) is 5.01. The summed E-state index contributed by atoms with van der Waals surface area (Å²) >= 11 is 0. The van der Waals surface area contributed by atoms with Gasteiger partial charge in [0.1, 0.15) is 11.6 Å². The Morgan fingerprint density at radius 2 is 1.71 bits per heavy atom. The number of nitrogens with one attached hydrogen (secondary N) is 2. The number of aromatic amines is 1. The predicted molar refractivity (Wildman–Crippen MR) is 130 cm³/mol. The van der Waals surface area contributed by atoms with Crippen LogP contribution < -0.4 is 15.8 Å². The van der Waals surface area contributed by atoms with Crippen molar-refractivity contribution in [3.05, 3.63) is 90.6 Å². The maximum absolute atomic E-state index is 12.5. The number of amides is 1. The molecule has 1 unspecified atom stereocenters. The molecule has 0 aliphatic carbocycles. The van der Waals surface area contributed by atoms with Crippen LogP contribution in [0, 0.1) is 0 Å². The molecule has 6 nitrogen and oxygen atoms in total. The number of hydrogen-bond donors (Lipinski definition) is 3. The smallest absolute Gasteiger partial charge is 0.406 e. The molecule has 0 fully saturated rings. The van der Waals surface area contributed by atoms with Crippen LogP contribution in [-0.2, 0) is 11.2 Å². The zero-order valence-electron chi connectivity index (χ0n) is 18.3. The van der Waals surface area contributed by atoms with E-state index in [1.165, 1.54) is 24.3 Å². The van der Waals surface area contributed by atoms with Gasteiger partial charge in [-0.2, -0.15) is 0 Å². The van der Waals surface area contributed by atoms with E-state index in [2.05, 4.69) is 20.0 Å². The highest BCUT2D eigenvalue weighted by Gasteiger charge is 2.31. The van der Waals surface area contributed by atoms with E-state index in [-0.39, 0.29) is 24.1 Å². The number of halogens is 4. The molecule has 1 amide bonds. The number of benzene rings is 3. The minimum atomic E-state index is -4.74. The van der Waals surface area contributed by atoms with E-state index in [0.717, 1.165) is 11.1 Å². The molecule has 182 valence electrons. The average Bonchev–Trinajstić information content (AvgIpc) is 3.30. The molecular weight excluding hydrogens is 481 g/mol. The summed E-state index contributed by atoms with van der Waals surface area (Å²) in [5, 5.41) is 2.82. The number of ether oxygens (including phenoxy) is 1. The van der Waals surface area contributed by atoms with Gasteiger partial charge in [0.05, 0.1) is 17.9 Å². The largest absolute Gasteiger partial charge is 0.573 e. The molecule has 35 heavy (non-hydrogen) atoms. The molecule has 1 heterocycles. The Labute approximate surface area is 205 Å². The van der Waals surface area contributed by atoms with E-state index in [9.17, 15) is 18.0 Å². The number of carbonyl (C=O) groups is 1. The maximum Gasteiger partial charge on any atom is 0.573 e. The second-order valence-electron chi connectivity index (χ2n) is 7.58. The van der Waals surface area contributed by atoms with Crippen LogP contribution in [0.5, 0.6) is 5.75 Å². The molecule has 0 aliphatic rings. The summed E-state index contributed by atoms with van der Waals surface area (Å²) in [5.74, 6) is -0.0671. The number of carbonyl (C=O) groups excluding carboxylic acids is 1. The predicted octanol–water partition coefficient (Wildman–Crippen LogP) is 5.57. The van der Waals surface area contributed by atoms with Crippen LogP contribution in [0.4, 0.5) is 18.9 Å². The van der Waals surface area contributed by atoms with Gasteiger partial charge in [0.25, 0.3) is 0 Å². The summed E-state index contributed by atoms with van der Waals surface area (Å²) in [6, 6.07) is 21.4. The Morgan fingerprint density at radius 1 is 1.00 bits per heavy atom. The van der Waals surface area contributed by atoms with Crippen LogP contribution in [0.15, 0.2) is 85.1 Å². The fourth-order valence-electron chi connectivity index (χ4n) is 3.39. The lowest BCUT2D eigenvalue weighted by molar-refractivity contribution is -0.274. The fourth-order valence-corrected chi connectivity index (χ4v) is 3.39. The molecule has 3 aromatic carbocycles. The van der Waals surface area contributed by atoms with Gasteiger partial charge in [-0.1, -0.05) is 42.5 Å². The quantitative estimate of drug-likeness (QED) is 0.308. The standard InChI is InChI=1S/C25H21F3N4O2.ClH/c26-25(27,28)34-20-11-9-17(10-12-20)22-15-30-23(32-22)18-7-4-8-19(14-18)31-24(33)21(29)13-16-5-2-1-3-6-16;/h1-12,14-15,21H,13,29H2,(H,30,32)(H,31,33);1H. The second-order valence-corrected chi connectivity index (χ2v) is 7.58. The molecule has 0 saturated heterocycles. The van der Waals surface area contributed by atoms with Crippen molar-refractivity contribution in [2.45, 2.75) is 18.8 Å². The lowest BCUT2D eigenvalue weighted by Gasteiger charge is -2.13. The van der Waals surface area contributed by atoms with Crippen molar-refractivity contribution < 1.29 is 22.7 Å². The number of imidazole rings is 1. The van der Waals surface area contributed by atoms with Crippen LogP contribution in [0.2, 0.25) is 0 Å². The van der Waals surface area contributed by atoms with Gasteiger partial charge < -0.3 is 20.8 Å².